The molecule has 30 heavy (non-hydrogen) atoms. The van der Waals surface area contributed by atoms with Crippen molar-refractivity contribution in [1.29, 1.82) is 0 Å². The van der Waals surface area contributed by atoms with E-state index in [0.717, 1.165) is 38.2 Å². The fourth-order valence-corrected chi connectivity index (χ4v) is 3.44. The Balaban J connectivity index is 1.56. The molecule has 0 saturated heterocycles. The summed E-state index contributed by atoms with van der Waals surface area (Å²) in [5, 5.41) is 10.9. The summed E-state index contributed by atoms with van der Waals surface area (Å²) >= 11 is 0. The van der Waals surface area contributed by atoms with Crippen molar-refractivity contribution < 1.29 is 9.59 Å². The van der Waals surface area contributed by atoms with Crippen molar-refractivity contribution in [1.82, 2.24) is 5.43 Å². The molecule has 4 rings (SSSR count). The van der Waals surface area contributed by atoms with Crippen molar-refractivity contribution in [2.24, 2.45) is 5.10 Å². The number of hydrogen-bond donors (Lipinski definition) is 2. The summed E-state index contributed by atoms with van der Waals surface area (Å²) in [4.78, 5) is 24.5. The second-order valence-electron chi connectivity index (χ2n) is 7.20. The zero-order valence-electron chi connectivity index (χ0n) is 16.8. The van der Waals surface area contributed by atoms with Gasteiger partial charge in [0.1, 0.15) is 0 Å². The third kappa shape index (κ3) is 3.91. The summed E-state index contributed by atoms with van der Waals surface area (Å²) in [6.07, 6.45) is 1.59. The Bertz CT molecular complexity index is 1250. The highest BCUT2D eigenvalue weighted by atomic mass is 16.2. The molecule has 4 aromatic rings. The zero-order valence-corrected chi connectivity index (χ0v) is 16.8. The Morgan fingerprint density at radius 2 is 1.43 bits per heavy atom. The predicted molar refractivity (Wildman–Crippen MR) is 122 cm³/mol. The molecule has 0 aliphatic rings. The summed E-state index contributed by atoms with van der Waals surface area (Å²) in [6.45, 7) is 3.80. The quantitative estimate of drug-likeness (QED) is 0.228. The molecule has 0 aromatic heterocycles. The average Bonchev–Trinajstić information content (AvgIpc) is 2.75. The van der Waals surface area contributed by atoms with Gasteiger partial charge in [0.2, 0.25) is 0 Å². The van der Waals surface area contributed by atoms with E-state index in [1.807, 2.05) is 80.6 Å². The van der Waals surface area contributed by atoms with Gasteiger partial charge in [0.15, 0.2) is 0 Å². The molecule has 0 bridgehead atoms. The van der Waals surface area contributed by atoms with E-state index in [2.05, 4.69) is 21.9 Å². The number of rotatable bonds is 3. The lowest BCUT2D eigenvalue weighted by Gasteiger charge is -2.09. The summed E-state index contributed by atoms with van der Waals surface area (Å²) in [5.41, 5.74) is 5.71. The van der Waals surface area contributed by atoms with Gasteiger partial charge in [0, 0.05) is 11.3 Å². The van der Waals surface area contributed by atoms with Gasteiger partial charge in [-0.1, -0.05) is 60.7 Å². The third-order valence-corrected chi connectivity index (χ3v) is 5.02. The lowest BCUT2D eigenvalue weighted by Crippen LogP contribution is -2.32. The molecule has 0 heterocycles. The fourth-order valence-electron chi connectivity index (χ4n) is 3.44. The monoisotopic (exact) mass is 395 g/mol. The lowest BCUT2D eigenvalue weighted by atomic mass is 9.97. The van der Waals surface area contributed by atoms with Crippen LogP contribution in [-0.4, -0.2) is 18.0 Å². The van der Waals surface area contributed by atoms with Crippen LogP contribution in [0.3, 0.4) is 0 Å². The first-order chi connectivity index (χ1) is 14.5. The summed E-state index contributed by atoms with van der Waals surface area (Å²) in [6, 6.07) is 23.8. The van der Waals surface area contributed by atoms with Gasteiger partial charge in [-0.25, -0.2) is 5.43 Å². The minimum atomic E-state index is -0.823. The van der Waals surface area contributed by atoms with Crippen LogP contribution in [0.25, 0.3) is 21.5 Å². The first kappa shape index (κ1) is 19.3. The molecule has 0 radical (unpaired) electrons. The number of nitrogens with zero attached hydrogens (tertiary/aromatic N) is 1. The Hall–Kier alpha value is -3.99. The van der Waals surface area contributed by atoms with Gasteiger partial charge in [0.25, 0.3) is 0 Å². The average molecular weight is 395 g/mol. The first-order valence-corrected chi connectivity index (χ1v) is 9.65. The van der Waals surface area contributed by atoms with Gasteiger partial charge < -0.3 is 5.32 Å². The third-order valence-electron chi connectivity index (χ3n) is 5.02. The molecule has 148 valence electrons. The van der Waals surface area contributed by atoms with E-state index in [1.54, 1.807) is 6.21 Å². The molecular weight excluding hydrogens is 374 g/mol. The highest BCUT2D eigenvalue weighted by molar-refractivity contribution is 6.39. The molecule has 2 N–H and O–H groups in total. The van der Waals surface area contributed by atoms with Crippen molar-refractivity contribution in [2.45, 2.75) is 13.8 Å². The maximum atomic E-state index is 12.2. The van der Waals surface area contributed by atoms with Crippen molar-refractivity contribution in [3.63, 3.8) is 0 Å². The molecule has 0 unspecified atom stereocenters. The van der Waals surface area contributed by atoms with Gasteiger partial charge in [-0.3, -0.25) is 9.59 Å². The lowest BCUT2D eigenvalue weighted by molar-refractivity contribution is -0.136. The van der Waals surface area contributed by atoms with Crippen molar-refractivity contribution in [2.75, 3.05) is 5.32 Å². The molecule has 4 aromatic carbocycles. The number of nitrogens with one attached hydrogen (secondary N) is 2. The minimum Gasteiger partial charge on any atom is -0.317 e. The molecule has 0 aliphatic heterocycles. The van der Waals surface area contributed by atoms with E-state index in [-0.39, 0.29) is 0 Å². The van der Waals surface area contributed by atoms with E-state index in [9.17, 15) is 9.59 Å². The Morgan fingerprint density at radius 1 is 0.800 bits per heavy atom. The van der Waals surface area contributed by atoms with Crippen molar-refractivity contribution in [3.05, 3.63) is 89.5 Å². The van der Waals surface area contributed by atoms with Gasteiger partial charge in [-0.05, 0) is 58.7 Å². The van der Waals surface area contributed by atoms with Crippen molar-refractivity contribution >= 4 is 45.3 Å². The highest BCUT2D eigenvalue weighted by Gasteiger charge is 2.14. The molecule has 0 spiro atoms. The van der Waals surface area contributed by atoms with Crippen molar-refractivity contribution in [3.8, 4) is 0 Å². The van der Waals surface area contributed by atoms with E-state index in [1.165, 1.54) is 0 Å². The fraction of sp³-hybridized carbons (Fsp3) is 0.0800. The number of hydrogen-bond acceptors (Lipinski definition) is 3. The minimum absolute atomic E-state index is 0.610. The molecule has 5 heteroatoms. The number of hydrazone groups is 1. The molecule has 2 amide bonds. The number of anilines is 1. The Kier molecular flexibility index (Phi) is 5.26. The number of fused-ring (bicyclic) bond motifs is 2. The summed E-state index contributed by atoms with van der Waals surface area (Å²) in [5.74, 6) is -1.58. The highest BCUT2D eigenvalue weighted by Crippen LogP contribution is 2.27. The molecule has 5 nitrogen and oxygen atoms in total. The zero-order chi connectivity index (χ0) is 21.1. The van der Waals surface area contributed by atoms with Crippen LogP contribution in [-0.2, 0) is 9.59 Å². The van der Waals surface area contributed by atoms with Crippen LogP contribution in [0.1, 0.15) is 16.7 Å². The summed E-state index contributed by atoms with van der Waals surface area (Å²) in [7, 11) is 0. The van der Waals surface area contributed by atoms with Crippen LogP contribution < -0.4 is 10.7 Å². The largest absolute Gasteiger partial charge is 0.329 e. The van der Waals surface area contributed by atoms with Gasteiger partial charge in [-0.15, -0.1) is 0 Å². The number of benzene rings is 4. The molecule has 0 saturated carbocycles. The smallest absolute Gasteiger partial charge is 0.317 e. The Labute approximate surface area is 174 Å². The maximum Gasteiger partial charge on any atom is 0.329 e. The van der Waals surface area contributed by atoms with Crippen LogP contribution in [0.4, 0.5) is 5.69 Å². The van der Waals surface area contributed by atoms with E-state index in [0.29, 0.717) is 5.69 Å². The molecule has 0 aliphatic carbocycles. The number of amides is 2. The van der Waals surface area contributed by atoms with Gasteiger partial charge >= 0.3 is 11.8 Å². The maximum absolute atomic E-state index is 12.2. The second kappa shape index (κ2) is 8.17. The topological polar surface area (TPSA) is 70.6 Å². The molecular formula is C25H21N3O2. The number of carbonyl (C=O) groups is 2. The predicted octanol–water partition coefficient (Wildman–Crippen LogP) is 4.70. The van der Waals surface area contributed by atoms with Gasteiger partial charge in [-0.2, -0.15) is 5.10 Å². The number of carbonyl (C=O) groups excluding carboxylic acids is 2. The summed E-state index contributed by atoms with van der Waals surface area (Å²) < 4.78 is 0. The van der Waals surface area contributed by atoms with Gasteiger partial charge in [0.05, 0.1) is 6.21 Å². The van der Waals surface area contributed by atoms with E-state index >= 15 is 0 Å². The van der Waals surface area contributed by atoms with E-state index in [4.69, 9.17) is 0 Å². The van der Waals surface area contributed by atoms with E-state index < -0.39 is 11.8 Å². The van der Waals surface area contributed by atoms with Crippen LogP contribution in [0.15, 0.2) is 77.9 Å². The number of aryl methyl sites for hydroxylation is 2. The second-order valence-corrected chi connectivity index (χ2v) is 7.20. The standard InChI is InChI=1S/C25H21N3O2/c1-16-11-12-17(2)23(13-16)27-24(29)25(30)28-26-15-22-20-9-5-3-7-18(20)14-19-8-4-6-10-21(19)22/h3-15H,1-2H3,(H,27,29)(H,28,30)/b26-15-. The first-order valence-electron chi connectivity index (χ1n) is 9.65. The van der Waals surface area contributed by atoms with Crippen LogP contribution in [0.2, 0.25) is 0 Å². The molecule has 0 atom stereocenters. The van der Waals surface area contributed by atoms with Crippen LogP contribution in [0.5, 0.6) is 0 Å². The molecule has 0 fully saturated rings. The SMILES string of the molecule is Cc1ccc(C)c(NC(=O)C(=O)N/N=C\c2c3ccccc3cc3ccccc23)c1. The van der Waals surface area contributed by atoms with Crippen LogP contribution in [0, 0.1) is 13.8 Å². The van der Waals surface area contributed by atoms with Crippen LogP contribution >= 0.6 is 0 Å². The normalized spacial score (nSPS) is 11.1. The Morgan fingerprint density at radius 3 is 2.10 bits per heavy atom.